The number of benzene rings is 1. The summed E-state index contributed by atoms with van der Waals surface area (Å²) in [6, 6.07) is 7.90. The maximum Gasteiger partial charge on any atom is 0.304 e. The number of nitrogens with zero attached hydrogens (tertiary/aromatic N) is 2. The van der Waals surface area contributed by atoms with Crippen LogP contribution in [0.3, 0.4) is 0 Å². The highest BCUT2D eigenvalue weighted by Gasteiger charge is 2.23. The van der Waals surface area contributed by atoms with Gasteiger partial charge < -0.3 is 9.47 Å². The van der Waals surface area contributed by atoms with Crippen LogP contribution in [0.15, 0.2) is 39.6 Å². The van der Waals surface area contributed by atoms with E-state index in [2.05, 4.69) is 25.8 Å². The minimum absolute atomic E-state index is 0.00298. The molecule has 0 bridgehead atoms. The minimum Gasteiger partial charge on any atom is -0.497 e. The van der Waals surface area contributed by atoms with Gasteiger partial charge in [0.25, 0.3) is 11.9 Å². The molecule has 0 aliphatic rings. The number of alkyl halides is 3. The van der Waals surface area contributed by atoms with Gasteiger partial charge in [-0.2, -0.15) is 4.39 Å². The fourth-order valence-corrected chi connectivity index (χ4v) is 2.08. The molecular weight excluding hydrogens is 381 g/mol. The Bertz CT molecular complexity index is 722. The lowest BCUT2D eigenvalue weighted by Gasteiger charge is -2.13. The topological polar surface area (TPSA) is 53.4 Å². The molecule has 0 saturated carbocycles. The van der Waals surface area contributed by atoms with Crippen LogP contribution in [-0.4, -0.2) is 29.7 Å². The lowest BCUT2D eigenvalue weighted by atomic mass is 10.2. The van der Waals surface area contributed by atoms with Gasteiger partial charge in [-0.15, -0.1) is 5.10 Å². The van der Waals surface area contributed by atoms with Gasteiger partial charge in [0, 0.05) is 6.07 Å². The molecule has 2 aromatic rings. The smallest absolute Gasteiger partial charge is 0.304 e. The van der Waals surface area contributed by atoms with Gasteiger partial charge in [-0.25, -0.2) is 13.5 Å². The van der Waals surface area contributed by atoms with Gasteiger partial charge in [0.05, 0.1) is 18.1 Å². The van der Waals surface area contributed by atoms with Crippen LogP contribution in [0.4, 0.5) is 13.2 Å². The van der Waals surface area contributed by atoms with Gasteiger partial charge in [-0.05, 0) is 33.6 Å². The second-order valence-corrected chi connectivity index (χ2v) is 5.30. The monoisotopic (exact) mass is 392 g/mol. The molecule has 0 aliphatic carbocycles. The second-order valence-electron chi connectivity index (χ2n) is 4.44. The Morgan fingerprint density at radius 1 is 1.26 bits per heavy atom. The number of aromatic nitrogens is 2. The van der Waals surface area contributed by atoms with Crippen LogP contribution >= 0.6 is 15.9 Å². The van der Waals surface area contributed by atoms with Crippen LogP contribution in [0.5, 0.6) is 11.6 Å². The average molecular weight is 393 g/mol. The van der Waals surface area contributed by atoms with Gasteiger partial charge in [0.2, 0.25) is 5.88 Å². The van der Waals surface area contributed by atoms with E-state index >= 15 is 0 Å². The largest absolute Gasteiger partial charge is 0.497 e. The molecule has 1 heterocycles. The van der Waals surface area contributed by atoms with Crippen molar-refractivity contribution in [3.05, 3.63) is 50.7 Å². The number of halogens is 4. The summed E-state index contributed by atoms with van der Waals surface area (Å²) in [5.74, 6) is 0.219. The van der Waals surface area contributed by atoms with Crippen LogP contribution in [0.25, 0.3) is 0 Å². The first-order valence-corrected chi connectivity index (χ1v) is 7.19. The Labute approximate surface area is 137 Å². The predicted molar refractivity (Wildman–Crippen MR) is 79.8 cm³/mol. The molecule has 1 unspecified atom stereocenters. The molecule has 0 amide bonds. The van der Waals surface area contributed by atoms with Crippen LogP contribution in [-0.2, 0) is 6.54 Å². The van der Waals surface area contributed by atoms with Gasteiger partial charge in [-0.1, -0.05) is 12.1 Å². The van der Waals surface area contributed by atoms with E-state index in [1.54, 1.807) is 24.3 Å². The second kappa shape index (κ2) is 7.49. The fourth-order valence-electron chi connectivity index (χ4n) is 1.71. The summed E-state index contributed by atoms with van der Waals surface area (Å²) in [6.07, 6.45) is -6.14. The van der Waals surface area contributed by atoms with E-state index in [1.807, 2.05) is 0 Å². The summed E-state index contributed by atoms with van der Waals surface area (Å²) < 4.78 is 47.9. The molecular formula is C14H12BrF3N2O3. The number of rotatable bonds is 6. The highest BCUT2D eigenvalue weighted by molar-refractivity contribution is 9.10. The van der Waals surface area contributed by atoms with E-state index in [-0.39, 0.29) is 11.0 Å². The van der Waals surface area contributed by atoms with E-state index in [9.17, 15) is 18.0 Å². The van der Waals surface area contributed by atoms with Gasteiger partial charge in [-0.3, -0.25) is 4.79 Å². The van der Waals surface area contributed by atoms with Crippen molar-refractivity contribution < 1.29 is 22.6 Å². The minimum atomic E-state index is -3.31. The predicted octanol–water partition coefficient (Wildman–Crippen LogP) is 3.00. The molecule has 0 N–H and O–H groups in total. The van der Waals surface area contributed by atoms with E-state index in [4.69, 9.17) is 4.74 Å². The molecule has 0 spiro atoms. The highest BCUT2D eigenvalue weighted by atomic mass is 79.9. The maximum atomic E-state index is 13.0. The van der Waals surface area contributed by atoms with Crippen molar-refractivity contribution in [3.63, 3.8) is 0 Å². The van der Waals surface area contributed by atoms with Crippen molar-refractivity contribution in [1.82, 2.24) is 9.78 Å². The summed E-state index contributed by atoms with van der Waals surface area (Å²) >= 11 is 2.93. The number of methoxy groups -OCH3 is 1. The van der Waals surface area contributed by atoms with Gasteiger partial charge in [0.15, 0.2) is 0 Å². The quantitative estimate of drug-likeness (QED) is 0.758. The van der Waals surface area contributed by atoms with E-state index in [0.29, 0.717) is 5.75 Å². The zero-order valence-corrected chi connectivity index (χ0v) is 13.5. The van der Waals surface area contributed by atoms with Crippen LogP contribution in [0, 0.1) is 0 Å². The Balaban J connectivity index is 2.25. The Kier molecular flexibility index (Phi) is 5.64. The molecule has 0 fully saturated rings. The van der Waals surface area contributed by atoms with E-state index in [1.165, 1.54) is 7.11 Å². The summed E-state index contributed by atoms with van der Waals surface area (Å²) in [6.45, 7) is 0.0676. The third-order valence-corrected chi connectivity index (χ3v) is 3.40. The Morgan fingerprint density at radius 2 is 1.91 bits per heavy atom. The summed E-state index contributed by atoms with van der Waals surface area (Å²) in [5.41, 5.74) is 0.229. The molecule has 0 radical (unpaired) electrons. The zero-order chi connectivity index (χ0) is 17.0. The van der Waals surface area contributed by atoms with Crippen LogP contribution in [0.1, 0.15) is 5.56 Å². The van der Waals surface area contributed by atoms with Crippen molar-refractivity contribution in [1.29, 1.82) is 0 Å². The molecule has 1 aromatic heterocycles. The van der Waals surface area contributed by atoms with Crippen LogP contribution < -0.4 is 15.0 Å². The van der Waals surface area contributed by atoms with Crippen molar-refractivity contribution in [3.8, 4) is 11.6 Å². The molecule has 2 rings (SSSR count). The molecule has 5 nitrogen and oxygen atoms in total. The average Bonchev–Trinajstić information content (AvgIpc) is 2.52. The third kappa shape index (κ3) is 4.47. The maximum absolute atomic E-state index is 13.0. The zero-order valence-electron chi connectivity index (χ0n) is 11.9. The normalized spacial score (nSPS) is 12.3. The Morgan fingerprint density at radius 3 is 2.48 bits per heavy atom. The number of hydrogen-bond donors (Lipinski definition) is 0. The first-order valence-electron chi connectivity index (χ1n) is 6.40. The first-order chi connectivity index (χ1) is 10.9. The van der Waals surface area contributed by atoms with Crippen molar-refractivity contribution in [2.24, 2.45) is 0 Å². The molecule has 1 aromatic carbocycles. The summed E-state index contributed by atoms with van der Waals surface area (Å²) in [5, 5.41) is 3.76. The summed E-state index contributed by atoms with van der Waals surface area (Å²) in [4.78, 5) is 11.9. The molecule has 9 heteroatoms. The highest BCUT2D eigenvalue weighted by Crippen LogP contribution is 2.23. The number of ether oxygens (including phenoxy) is 2. The van der Waals surface area contributed by atoms with Gasteiger partial charge >= 0.3 is 6.43 Å². The fraction of sp³-hybridized carbons (Fsp3) is 0.286. The molecule has 0 saturated heterocycles. The lowest BCUT2D eigenvalue weighted by Crippen LogP contribution is -2.26. The van der Waals surface area contributed by atoms with Crippen molar-refractivity contribution >= 4 is 15.9 Å². The van der Waals surface area contributed by atoms with Crippen LogP contribution in [0.2, 0.25) is 0 Å². The first kappa shape index (κ1) is 17.3. The SMILES string of the molecule is COc1ccc(Cn2nc(OC(F)C(F)F)c(Br)cc2=O)cc1. The molecule has 23 heavy (non-hydrogen) atoms. The molecule has 1 atom stereocenters. The van der Waals surface area contributed by atoms with E-state index in [0.717, 1.165) is 16.3 Å². The molecule has 124 valence electrons. The lowest BCUT2D eigenvalue weighted by molar-refractivity contribution is -0.0702. The Hall–Kier alpha value is -2.03. The van der Waals surface area contributed by atoms with Crippen molar-refractivity contribution in [2.45, 2.75) is 19.3 Å². The van der Waals surface area contributed by atoms with Crippen molar-refractivity contribution in [2.75, 3.05) is 7.11 Å². The van der Waals surface area contributed by atoms with Gasteiger partial charge in [0.1, 0.15) is 5.75 Å². The van der Waals surface area contributed by atoms with E-state index < -0.39 is 24.2 Å². The summed E-state index contributed by atoms with van der Waals surface area (Å²) in [7, 11) is 1.52. The number of hydrogen-bond acceptors (Lipinski definition) is 4. The molecule has 0 aliphatic heterocycles. The standard InChI is InChI=1S/C14H12BrF3N2O3/c1-22-9-4-2-8(3-5-9)7-20-11(21)6-10(15)14(19-20)23-13(18)12(16)17/h2-6,12-13H,7H2,1H3. The third-order valence-electron chi connectivity index (χ3n) is 2.83.